The van der Waals surface area contributed by atoms with Gasteiger partial charge in [-0.3, -0.25) is 4.79 Å². The number of carbonyl (C=O) groups is 1. The number of hydrogen-bond donors (Lipinski definition) is 1. The summed E-state index contributed by atoms with van der Waals surface area (Å²) in [6, 6.07) is 7.77. The van der Waals surface area contributed by atoms with E-state index >= 15 is 0 Å². The highest BCUT2D eigenvalue weighted by molar-refractivity contribution is 5.71. The molecule has 1 aromatic rings. The van der Waals surface area contributed by atoms with E-state index in [1.807, 2.05) is 31.2 Å². The lowest BCUT2D eigenvalue weighted by atomic mass is 10.1. The highest BCUT2D eigenvalue weighted by Crippen LogP contribution is 2.23. The minimum absolute atomic E-state index is 0.0376. The van der Waals surface area contributed by atoms with Gasteiger partial charge in [-0.05, 0) is 19.9 Å². The second kappa shape index (κ2) is 6.91. The zero-order valence-corrected chi connectivity index (χ0v) is 10.5. The summed E-state index contributed by atoms with van der Waals surface area (Å²) >= 11 is 0. The quantitative estimate of drug-likeness (QED) is 0.768. The summed E-state index contributed by atoms with van der Waals surface area (Å²) in [6.45, 7) is 4.38. The van der Waals surface area contributed by atoms with Crippen LogP contribution < -0.4 is 10.1 Å². The highest BCUT2D eigenvalue weighted by Gasteiger charge is 2.11. The first-order chi connectivity index (χ1) is 8.19. The standard InChI is InChI=1S/C13H19NO3/c1-4-17-13(15)9-14-10(2)11-7-5-6-8-12(11)16-3/h5-8,10,14H,4,9H2,1-3H3. The number of rotatable bonds is 6. The van der Waals surface area contributed by atoms with E-state index in [4.69, 9.17) is 9.47 Å². The van der Waals surface area contributed by atoms with Crippen LogP contribution in [0.4, 0.5) is 0 Å². The molecule has 0 spiro atoms. The van der Waals surface area contributed by atoms with Crippen LogP contribution in [0.25, 0.3) is 0 Å². The van der Waals surface area contributed by atoms with Gasteiger partial charge in [-0.1, -0.05) is 18.2 Å². The second-order valence-electron chi connectivity index (χ2n) is 3.65. The lowest BCUT2D eigenvalue weighted by Crippen LogP contribution is -2.27. The molecule has 1 atom stereocenters. The molecule has 0 aliphatic rings. The number of carbonyl (C=O) groups excluding carboxylic acids is 1. The summed E-state index contributed by atoms with van der Waals surface area (Å²) in [7, 11) is 1.64. The van der Waals surface area contributed by atoms with E-state index in [9.17, 15) is 4.79 Å². The predicted molar refractivity (Wildman–Crippen MR) is 66.0 cm³/mol. The molecule has 0 aliphatic heterocycles. The molecule has 0 saturated heterocycles. The molecule has 1 unspecified atom stereocenters. The van der Waals surface area contributed by atoms with Crippen LogP contribution in [0.1, 0.15) is 25.5 Å². The van der Waals surface area contributed by atoms with E-state index in [1.165, 1.54) is 0 Å². The molecular weight excluding hydrogens is 218 g/mol. The zero-order chi connectivity index (χ0) is 12.7. The SMILES string of the molecule is CCOC(=O)CNC(C)c1ccccc1OC. The fraction of sp³-hybridized carbons (Fsp3) is 0.462. The van der Waals surface area contributed by atoms with Crippen LogP contribution in [0.3, 0.4) is 0 Å². The Morgan fingerprint density at radius 2 is 2.12 bits per heavy atom. The van der Waals surface area contributed by atoms with Crippen molar-refractivity contribution in [1.29, 1.82) is 0 Å². The van der Waals surface area contributed by atoms with Gasteiger partial charge < -0.3 is 14.8 Å². The van der Waals surface area contributed by atoms with Gasteiger partial charge in [0.25, 0.3) is 0 Å². The van der Waals surface area contributed by atoms with Crippen molar-refractivity contribution in [3.8, 4) is 5.75 Å². The van der Waals surface area contributed by atoms with Gasteiger partial charge >= 0.3 is 5.97 Å². The van der Waals surface area contributed by atoms with Crippen LogP contribution in [0.15, 0.2) is 24.3 Å². The Morgan fingerprint density at radius 3 is 2.76 bits per heavy atom. The van der Waals surface area contributed by atoms with Crippen molar-refractivity contribution in [1.82, 2.24) is 5.32 Å². The molecule has 4 heteroatoms. The average Bonchev–Trinajstić information content (AvgIpc) is 2.36. The first-order valence-electron chi connectivity index (χ1n) is 5.71. The van der Waals surface area contributed by atoms with Gasteiger partial charge in [0.15, 0.2) is 0 Å². The van der Waals surface area contributed by atoms with Gasteiger partial charge in [-0.2, -0.15) is 0 Å². The van der Waals surface area contributed by atoms with Crippen LogP contribution in [-0.2, 0) is 9.53 Å². The van der Waals surface area contributed by atoms with E-state index in [2.05, 4.69) is 5.32 Å². The minimum Gasteiger partial charge on any atom is -0.496 e. The number of para-hydroxylation sites is 1. The van der Waals surface area contributed by atoms with E-state index in [-0.39, 0.29) is 18.6 Å². The van der Waals surface area contributed by atoms with Crippen molar-refractivity contribution < 1.29 is 14.3 Å². The molecule has 17 heavy (non-hydrogen) atoms. The Labute approximate surface area is 102 Å². The summed E-state index contributed by atoms with van der Waals surface area (Å²) < 4.78 is 10.1. The lowest BCUT2D eigenvalue weighted by Gasteiger charge is -2.16. The summed E-state index contributed by atoms with van der Waals surface area (Å²) in [6.07, 6.45) is 0. The Hall–Kier alpha value is -1.55. The first kappa shape index (κ1) is 13.5. The van der Waals surface area contributed by atoms with Gasteiger partial charge in [0.1, 0.15) is 5.75 Å². The van der Waals surface area contributed by atoms with Gasteiger partial charge in [0.2, 0.25) is 0 Å². The molecule has 4 nitrogen and oxygen atoms in total. The number of ether oxygens (including phenoxy) is 2. The van der Waals surface area contributed by atoms with Gasteiger partial charge in [-0.25, -0.2) is 0 Å². The molecule has 0 fully saturated rings. The predicted octanol–water partition coefficient (Wildman–Crippen LogP) is 1.91. The fourth-order valence-corrected chi connectivity index (χ4v) is 1.58. The zero-order valence-electron chi connectivity index (χ0n) is 10.5. The molecule has 0 saturated carbocycles. The molecule has 94 valence electrons. The van der Waals surface area contributed by atoms with Crippen molar-refractivity contribution in [2.45, 2.75) is 19.9 Å². The Morgan fingerprint density at radius 1 is 1.41 bits per heavy atom. The van der Waals surface area contributed by atoms with E-state index in [0.717, 1.165) is 11.3 Å². The van der Waals surface area contributed by atoms with Crippen molar-refractivity contribution >= 4 is 5.97 Å². The van der Waals surface area contributed by atoms with Crippen LogP contribution in [0.5, 0.6) is 5.75 Å². The number of esters is 1. The molecule has 1 N–H and O–H groups in total. The monoisotopic (exact) mass is 237 g/mol. The van der Waals surface area contributed by atoms with Crippen LogP contribution in [0, 0.1) is 0 Å². The Bertz CT molecular complexity index is 365. The Balaban J connectivity index is 2.57. The fourth-order valence-electron chi connectivity index (χ4n) is 1.58. The number of hydrogen-bond acceptors (Lipinski definition) is 4. The lowest BCUT2D eigenvalue weighted by molar-refractivity contribution is -0.142. The van der Waals surface area contributed by atoms with Gasteiger partial charge in [0.05, 0.1) is 20.3 Å². The Kier molecular flexibility index (Phi) is 5.49. The van der Waals surface area contributed by atoms with Crippen molar-refractivity contribution in [3.05, 3.63) is 29.8 Å². The molecule has 0 aliphatic carbocycles. The smallest absolute Gasteiger partial charge is 0.319 e. The maximum Gasteiger partial charge on any atom is 0.319 e. The second-order valence-corrected chi connectivity index (χ2v) is 3.65. The molecular formula is C13H19NO3. The summed E-state index contributed by atoms with van der Waals surface area (Å²) in [5, 5.41) is 3.10. The molecule has 0 heterocycles. The summed E-state index contributed by atoms with van der Waals surface area (Å²) in [5.41, 5.74) is 1.03. The molecule has 0 radical (unpaired) electrons. The van der Waals surface area contributed by atoms with Crippen molar-refractivity contribution in [3.63, 3.8) is 0 Å². The van der Waals surface area contributed by atoms with Crippen LogP contribution in [-0.4, -0.2) is 26.2 Å². The van der Waals surface area contributed by atoms with Gasteiger partial charge in [0, 0.05) is 11.6 Å². The maximum absolute atomic E-state index is 11.2. The molecule has 0 amide bonds. The summed E-state index contributed by atoms with van der Waals surface area (Å²) in [4.78, 5) is 11.2. The molecule has 1 aromatic carbocycles. The molecule has 0 aromatic heterocycles. The third-order valence-corrected chi connectivity index (χ3v) is 2.46. The van der Waals surface area contributed by atoms with Crippen molar-refractivity contribution in [2.24, 2.45) is 0 Å². The third kappa shape index (κ3) is 4.07. The highest BCUT2D eigenvalue weighted by atomic mass is 16.5. The number of nitrogens with one attached hydrogen (secondary N) is 1. The normalized spacial score (nSPS) is 11.9. The number of benzene rings is 1. The average molecular weight is 237 g/mol. The largest absolute Gasteiger partial charge is 0.496 e. The van der Waals surface area contributed by atoms with Gasteiger partial charge in [-0.15, -0.1) is 0 Å². The topological polar surface area (TPSA) is 47.6 Å². The van der Waals surface area contributed by atoms with Crippen LogP contribution >= 0.6 is 0 Å². The third-order valence-electron chi connectivity index (χ3n) is 2.46. The van der Waals surface area contributed by atoms with E-state index < -0.39 is 0 Å². The summed E-state index contributed by atoms with van der Waals surface area (Å²) in [5.74, 6) is 0.575. The molecule has 1 rings (SSSR count). The van der Waals surface area contributed by atoms with E-state index in [0.29, 0.717) is 6.61 Å². The van der Waals surface area contributed by atoms with Crippen LogP contribution in [0.2, 0.25) is 0 Å². The minimum atomic E-state index is -0.241. The molecule has 0 bridgehead atoms. The maximum atomic E-state index is 11.2. The van der Waals surface area contributed by atoms with E-state index in [1.54, 1.807) is 14.0 Å². The first-order valence-corrected chi connectivity index (χ1v) is 5.71. The van der Waals surface area contributed by atoms with Crippen molar-refractivity contribution in [2.75, 3.05) is 20.3 Å². The number of methoxy groups -OCH3 is 1.